The number of hydrogen-bond acceptors (Lipinski definition) is 5. The number of anilines is 1. The topological polar surface area (TPSA) is 62.1 Å². The van der Waals surface area contributed by atoms with Gasteiger partial charge >= 0.3 is 6.18 Å². The Labute approximate surface area is 143 Å². The zero-order valence-corrected chi connectivity index (χ0v) is 13.7. The highest BCUT2D eigenvalue weighted by Crippen LogP contribution is 2.33. The number of piperidine rings is 1. The van der Waals surface area contributed by atoms with Gasteiger partial charge in [-0.2, -0.15) is 13.2 Å². The van der Waals surface area contributed by atoms with Crippen LogP contribution in [0.2, 0.25) is 0 Å². The smallest absolute Gasteiger partial charge is 0.393 e. The molecule has 0 aliphatic carbocycles. The van der Waals surface area contributed by atoms with Crippen LogP contribution in [0.5, 0.6) is 0 Å². The molecule has 0 amide bonds. The Morgan fingerprint density at radius 2 is 1.80 bits per heavy atom. The number of halogens is 3. The van der Waals surface area contributed by atoms with E-state index in [-0.39, 0.29) is 17.6 Å². The van der Waals surface area contributed by atoms with Crippen molar-refractivity contribution in [1.29, 1.82) is 0 Å². The molecule has 1 N–H and O–H groups in total. The Hall–Kier alpha value is -2.22. The Kier molecular flexibility index (Phi) is 4.89. The van der Waals surface area contributed by atoms with Gasteiger partial charge in [0.2, 0.25) is 0 Å². The summed E-state index contributed by atoms with van der Waals surface area (Å²) in [6.07, 6.45) is -0.538. The molecule has 1 atom stereocenters. The number of rotatable bonds is 3. The van der Waals surface area contributed by atoms with E-state index < -0.39 is 18.0 Å². The zero-order valence-electron chi connectivity index (χ0n) is 13.7. The molecule has 0 saturated carbocycles. The van der Waals surface area contributed by atoms with Crippen LogP contribution < -0.4 is 4.90 Å². The second-order valence-corrected chi connectivity index (χ2v) is 6.23. The van der Waals surface area contributed by atoms with Crippen molar-refractivity contribution in [2.24, 2.45) is 5.92 Å². The van der Waals surface area contributed by atoms with Crippen molar-refractivity contribution in [3.05, 3.63) is 36.3 Å². The predicted octanol–water partition coefficient (Wildman–Crippen LogP) is 3.15. The molecule has 1 aliphatic rings. The van der Waals surface area contributed by atoms with Crippen LogP contribution in [0.1, 0.15) is 25.5 Å². The average Bonchev–Trinajstić information content (AvgIpc) is 2.61. The van der Waals surface area contributed by atoms with Crippen LogP contribution in [0.15, 0.2) is 30.6 Å². The van der Waals surface area contributed by atoms with Crippen molar-refractivity contribution < 1.29 is 18.3 Å². The molecule has 2 aromatic heterocycles. The van der Waals surface area contributed by atoms with E-state index in [1.807, 2.05) is 4.90 Å². The predicted molar refractivity (Wildman–Crippen MR) is 86.9 cm³/mol. The van der Waals surface area contributed by atoms with Gasteiger partial charge in [0.15, 0.2) is 11.5 Å². The number of nitrogens with zero attached hydrogens (tertiary/aromatic N) is 4. The van der Waals surface area contributed by atoms with Gasteiger partial charge in [-0.05, 0) is 37.8 Å². The van der Waals surface area contributed by atoms with Gasteiger partial charge in [-0.25, -0.2) is 9.97 Å². The number of aliphatic hydroxyl groups excluding tert-OH is 1. The molecule has 1 saturated heterocycles. The number of aliphatic hydroxyl groups is 1. The van der Waals surface area contributed by atoms with Crippen molar-refractivity contribution in [3.63, 3.8) is 0 Å². The van der Waals surface area contributed by atoms with E-state index in [0.29, 0.717) is 31.5 Å². The van der Waals surface area contributed by atoms with E-state index in [1.165, 1.54) is 12.4 Å². The summed E-state index contributed by atoms with van der Waals surface area (Å²) in [6.45, 7) is 2.85. The summed E-state index contributed by atoms with van der Waals surface area (Å²) < 4.78 is 39.7. The molecular weight excluding hydrogens is 333 g/mol. The van der Waals surface area contributed by atoms with Crippen LogP contribution >= 0.6 is 0 Å². The first-order chi connectivity index (χ1) is 11.8. The molecule has 3 rings (SSSR count). The summed E-state index contributed by atoms with van der Waals surface area (Å²) >= 11 is 0. The quantitative estimate of drug-likeness (QED) is 0.919. The molecule has 1 unspecified atom stereocenters. The maximum Gasteiger partial charge on any atom is 0.433 e. The molecule has 25 heavy (non-hydrogen) atoms. The minimum atomic E-state index is -4.54. The summed E-state index contributed by atoms with van der Waals surface area (Å²) in [7, 11) is 0. The SMILES string of the molecule is CC(O)C1CCN(c2cc(C(F)(F)F)nc(-c3ccncc3)n2)CC1. The van der Waals surface area contributed by atoms with E-state index >= 15 is 0 Å². The van der Waals surface area contributed by atoms with Gasteiger partial charge < -0.3 is 10.0 Å². The molecular formula is C17H19F3N4O. The molecule has 0 aromatic carbocycles. The van der Waals surface area contributed by atoms with Gasteiger partial charge in [0, 0.05) is 37.1 Å². The van der Waals surface area contributed by atoms with Crippen LogP contribution in [0.3, 0.4) is 0 Å². The largest absolute Gasteiger partial charge is 0.433 e. The number of hydrogen-bond donors (Lipinski definition) is 1. The third-order valence-electron chi connectivity index (χ3n) is 4.49. The maximum atomic E-state index is 13.2. The molecule has 1 fully saturated rings. The molecule has 2 aromatic rings. The lowest BCUT2D eigenvalue weighted by Gasteiger charge is -2.34. The lowest BCUT2D eigenvalue weighted by molar-refractivity contribution is -0.141. The van der Waals surface area contributed by atoms with Crippen molar-refractivity contribution in [3.8, 4) is 11.4 Å². The fraction of sp³-hybridized carbons (Fsp3) is 0.471. The molecule has 1 aliphatic heterocycles. The van der Waals surface area contributed by atoms with Crippen LogP contribution in [0.25, 0.3) is 11.4 Å². The molecule has 8 heteroatoms. The van der Waals surface area contributed by atoms with Gasteiger partial charge in [-0.1, -0.05) is 0 Å². The minimum Gasteiger partial charge on any atom is -0.393 e. The van der Waals surface area contributed by atoms with Gasteiger partial charge in [-0.3, -0.25) is 4.98 Å². The van der Waals surface area contributed by atoms with E-state index in [1.54, 1.807) is 19.1 Å². The third kappa shape index (κ3) is 4.07. The van der Waals surface area contributed by atoms with E-state index in [2.05, 4.69) is 15.0 Å². The summed E-state index contributed by atoms with van der Waals surface area (Å²) in [5, 5.41) is 9.68. The lowest BCUT2D eigenvalue weighted by atomic mass is 9.92. The van der Waals surface area contributed by atoms with Crippen molar-refractivity contribution in [1.82, 2.24) is 15.0 Å². The van der Waals surface area contributed by atoms with Gasteiger partial charge in [0.25, 0.3) is 0 Å². The number of alkyl halides is 3. The highest BCUT2D eigenvalue weighted by atomic mass is 19.4. The Balaban J connectivity index is 1.94. The molecule has 0 bridgehead atoms. The van der Waals surface area contributed by atoms with Crippen molar-refractivity contribution in [2.45, 2.75) is 32.0 Å². The number of pyridine rings is 1. The molecule has 3 heterocycles. The average molecular weight is 352 g/mol. The van der Waals surface area contributed by atoms with Crippen LogP contribution in [-0.4, -0.2) is 39.3 Å². The third-order valence-corrected chi connectivity index (χ3v) is 4.49. The summed E-state index contributed by atoms with van der Waals surface area (Å²) in [5.41, 5.74) is -0.469. The Morgan fingerprint density at radius 3 is 2.36 bits per heavy atom. The van der Waals surface area contributed by atoms with Crippen LogP contribution in [-0.2, 0) is 6.18 Å². The molecule has 0 spiro atoms. The van der Waals surface area contributed by atoms with Crippen LogP contribution in [0.4, 0.5) is 19.0 Å². The molecule has 134 valence electrons. The van der Waals surface area contributed by atoms with Gasteiger partial charge in [-0.15, -0.1) is 0 Å². The van der Waals surface area contributed by atoms with Gasteiger partial charge in [0.05, 0.1) is 6.10 Å². The fourth-order valence-corrected chi connectivity index (χ4v) is 2.98. The van der Waals surface area contributed by atoms with Crippen LogP contribution in [0, 0.1) is 5.92 Å². The lowest BCUT2D eigenvalue weighted by Crippen LogP contribution is -2.37. The summed E-state index contributed by atoms with van der Waals surface area (Å²) in [5.74, 6) is 0.461. The monoisotopic (exact) mass is 352 g/mol. The second-order valence-electron chi connectivity index (χ2n) is 6.23. The second kappa shape index (κ2) is 6.95. The van der Waals surface area contributed by atoms with E-state index in [4.69, 9.17) is 0 Å². The fourth-order valence-electron chi connectivity index (χ4n) is 2.98. The maximum absolute atomic E-state index is 13.2. The first-order valence-electron chi connectivity index (χ1n) is 8.14. The van der Waals surface area contributed by atoms with Crippen molar-refractivity contribution >= 4 is 5.82 Å². The van der Waals surface area contributed by atoms with Gasteiger partial charge in [0.1, 0.15) is 5.82 Å². The first-order valence-corrected chi connectivity index (χ1v) is 8.14. The van der Waals surface area contributed by atoms with Crippen molar-refractivity contribution in [2.75, 3.05) is 18.0 Å². The highest BCUT2D eigenvalue weighted by Gasteiger charge is 2.35. The normalized spacial score (nSPS) is 17.6. The Bertz CT molecular complexity index is 714. The summed E-state index contributed by atoms with van der Waals surface area (Å²) in [6, 6.07) is 4.16. The molecule has 5 nitrogen and oxygen atoms in total. The summed E-state index contributed by atoms with van der Waals surface area (Å²) in [4.78, 5) is 13.7. The highest BCUT2D eigenvalue weighted by molar-refractivity contribution is 5.57. The van der Waals surface area contributed by atoms with E-state index in [9.17, 15) is 18.3 Å². The minimum absolute atomic E-state index is 0.0323. The first kappa shape index (κ1) is 17.6. The number of aromatic nitrogens is 3. The van der Waals surface area contributed by atoms with E-state index in [0.717, 1.165) is 6.07 Å². The standard InChI is InChI=1S/C17H19F3N4O/c1-11(25)12-4-8-24(9-5-12)15-10-14(17(18,19)20)22-16(23-15)13-2-6-21-7-3-13/h2-3,6-7,10-12,25H,4-5,8-9H2,1H3. The zero-order chi connectivity index (χ0) is 18.0. The Morgan fingerprint density at radius 1 is 1.16 bits per heavy atom. The molecule has 0 radical (unpaired) electrons.